The molecule has 1 aromatic heterocycles. The molecule has 0 aliphatic carbocycles. The number of para-hydroxylation sites is 2. The van der Waals surface area contributed by atoms with Crippen LogP contribution in [-0.2, 0) is 0 Å². The van der Waals surface area contributed by atoms with Crippen LogP contribution in [-0.4, -0.2) is 49.3 Å². The van der Waals surface area contributed by atoms with Gasteiger partial charge in [-0.25, -0.2) is 9.78 Å². The summed E-state index contributed by atoms with van der Waals surface area (Å²) in [6.07, 6.45) is -0.0523. The van der Waals surface area contributed by atoms with E-state index in [4.69, 9.17) is 14.2 Å². The molecule has 1 aliphatic heterocycles. The number of nitrogens with zero attached hydrogens (tertiary/aromatic N) is 2. The lowest BCUT2D eigenvalue weighted by molar-refractivity contribution is 0.0492. The number of rotatable bonds is 5. The molecule has 1 fully saturated rings. The Morgan fingerprint density at radius 1 is 1.15 bits per heavy atom. The number of thiazole rings is 1. The number of amides is 2. The van der Waals surface area contributed by atoms with E-state index in [1.54, 1.807) is 37.3 Å². The average Bonchev–Trinajstić information content (AvgIpc) is 3.06. The van der Waals surface area contributed by atoms with E-state index in [-0.39, 0.29) is 12.1 Å². The van der Waals surface area contributed by atoms with Crippen LogP contribution in [0.25, 0.3) is 10.2 Å². The molecule has 1 aliphatic rings. The van der Waals surface area contributed by atoms with Gasteiger partial charge in [0.15, 0.2) is 11.5 Å². The molecular formula is C19H19N3O4S. The zero-order valence-electron chi connectivity index (χ0n) is 15.0. The Hall–Kier alpha value is -3.00. The summed E-state index contributed by atoms with van der Waals surface area (Å²) >= 11 is 1.51. The lowest BCUT2D eigenvalue weighted by Gasteiger charge is -2.38. The minimum Gasteiger partial charge on any atom is -0.493 e. The molecule has 7 nitrogen and oxygen atoms in total. The number of methoxy groups -OCH3 is 2. The molecule has 0 saturated carbocycles. The quantitative estimate of drug-likeness (QED) is 0.726. The van der Waals surface area contributed by atoms with E-state index in [9.17, 15) is 4.79 Å². The second kappa shape index (κ2) is 7.32. The first-order chi connectivity index (χ1) is 13.2. The Morgan fingerprint density at radius 3 is 2.70 bits per heavy atom. The lowest BCUT2D eigenvalue weighted by Crippen LogP contribution is -2.57. The predicted molar refractivity (Wildman–Crippen MR) is 104 cm³/mol. The summed E-state index contributed by atoms with van der Waals surface area (Å²) in [6.45, 7) is 1.02. The van der Waals surface area contributed by atoms with E-state index in [0.717, 1.165) is 10.2 Å². The van der Waals surface area contributed by atoms with Gasteiger partial charge in [-0.15, -0.1) is 0 Å². The highest BCUT2D eigenvalue weighted by molar-refractivity contribution is 7.20. The molecule has 1 N–H and O–H groups in total. The van der Waals surface area contributed by atoms with Crippen LogP contribution in [0.5, 0.6) is 16.7 Å². The average molecular weight is 385 g/mol. The molecule has 8 heteroatoms. The largest absolute Gasteiger partial charge is 0.493 e. The molecule has 0 bridgehead atoms. The fourth-order valence-corrected chi connectivity index (χ4v) is 3.78. The second-order valence-corrected chi connectivity index (χ2v) is 7.06. The van der Waals surface area contributed by atoms with Crippen LogP contribution in [0.1, 0.15) is 0 Å². The van der Waals surface area contributed by atoms with Crippen LogP contribution < -0.4 is 19.5 Å². The Bertz CT molecular complexity index is 935. The van der Waals surface area contributed by atoms with Crippen molar-refractivity contribution in [2.75, 3.05) is 32.6 Å². The number of carbonyl (C=O) groups is 1. The van der Waals surface area contributed by atoms with Gasteiger partial charge in [0.2, 0.25) is 0 Å². The van der Waals surface area contributed by atoms with Crippen LogP contribution >= 0.6 is 11.3 Å². The SMILES string of the molecule is COc1cccc(NC(=O)N2CC(Oc3nc4ccccc4s3)C2)c1OC. The second-order valence-electron chi connectivity index (χ2n) is 6.06. The molecule has 3 aromatic rings. The first-order valence-electron chi connectivity index (χ1n) is 8.47. The first-order valence-corrected chi connectivity index (χ1v) is 9.28. The molecule has 0 radical (unpaired) electrons. The summed E-state index contributed by atoms with van der Waals surface area (Å²) < 4.78 is 17.6. The maximum Gasteiger partial charge on any atom is 0.322 e. The number of aromatic nitrogens is 1. The van der Waals surface area contributed by atoms with Crippen LogP contribution in [0.2, 0.25) is 0 Å². The standard InChI is InChI=1S/C19H19N3O4S/c1-24-15-8-5-7-14(17(15)25-2)20-18(23)22-10-12(11-22)26-19-21-13-6-3-4-9-16(13)27-19/h3-9,12H,10-11H2,1-2H3,(H,20,23). The monoisotopic (exact) mass is 385 g/mol. The molecule has 2 amide bonds. The third kappa shape index (κ3) is 3.48. The highest BCUT2D eigenvalue weighted by atomic mass is 32.1. The van der Waals surface area contributed by atoms with Crippen molar-refractivity contribution >= 4 is 33.3 Å². The number of anilines is 1. The van der Waals surface area contributed by atoms with Crippen LogP contribution in [0, 0.1) is 0 Å². The number of fused-ring (bicyclic) bond motifs is 1. The number of urea groups is 1. The first kappa shape index (κ1) is 17.4. The van der Waals surface area contributed by atoms with Crippen molar-refractivity contribution in [2.24, 2.45) is 0 Å². The molecule has 0 atom stereocenters. The molecule has 2 heterocycles. The number of benzene rings is 2. The number of nitrogens with one attached hydrogen (secondary N) is 1. The third-order valence-electron chi connectivity index (χ3n) is 4.32. The van der Waals surface area contributed by atoms with Crippen LogP contribution in [0.3, 0.4) is 0 Å². The van der Waals surface area contributed by atoms with Crippen molar-refractivity contribution in [3.8, 4) is 16.7 Å². The fourth-order valence-electron chi connectivity index (χ4n) is 2.90. The van der Waals surface area contributed by atoms with Crippen LogP contribution in [0.15, 0.2) is 42.5 Å². The predicted octanol–water partition coefficient (Wildman–Crippen LogP) is 3.61. The summed E-state index contributed by atoms with van der Waals surface area (Å²) in [4.78, 5) is 18.6. The Morgan fingerprint density at radius 2 is 1.96 bits per heavy atom. The van der Waals surface area contributed by atoms with Gasteiger partial charge in [0.25, 0.3) is 5.19 Å². The number of hydrogen-bond donors (Lipinski definition) is 1. The van der Waals surface area contributed by atoms with Crippen molar-refractivity contribution in [3.05, 3.63) is 42.5 Å². The van der Waals surface area contributed by atoms with Gasteiger partial charge in [-0.05, 0) is 24.3 Å². The molecule has 4 rings (SSSR count). The fraction of sp³-hybridized carbons (Fsp3) is 0.263. The van der Waals surface area contributed by atoms with Gasteiger partial charge in [-0.2, -0.15) is 0 Å². The van der Waals surface area contributed by atoms with Gasteiger partial charge in [0, 0.05) is 0 Å². The minimum atomic E-state index is -0.203. The van der Waals surface area contributed by atoms with Crippen molar-refractivity contribution < 1.29 is 19.0 Å². The van der Waals surface area contributed by atoms with Crippen molar-refractivity contribution in [1.29, 1.82) is 0 Å². The summed E-state index contributed by atoms with van der Waals surface area (Å²) in [5.41, 5.74) is 1.49. The number of hydrogen-bond acceptors (Lipinski definition) is 6. The molecule has 0 spiro atoms. The van der Waals surface area contributed by atoms with E-state index in [0.29, 0.717) is 35.5 Å². The van der Waals surface area contributed by atoms with Gasteiger partial charge < -0.3 is 24.4 Å². The van der Waals surface area contributed by atoms with E-state index >= 15 is 0 Å². The highest BCUT2D eigenvalue weighted by Gasteiger charge is 2.33. The van der Waals surface area contributed by atoms with Gasteiger partial charge in [-0.1, -0.05) is 29.5 Å². The highest BCUT2D eigenvalue weighted by Crippen LogP contribution is 2.35. The number of ether oxygens (including phenoxy) is 3. The van der Waals surface area contributed by atoms with E-state index in [1.807, 2.05) is 24.3 Å². The zero-order valence-corrected chi connectivity index (χ0v) is 15.8. The lowest BCUT2D eigenvalue weighted by atomic mass is 10.2. The number of likely N-dealkylation sites (tertiary alicyclic amines) is 1. The Labute approximate surface area is 160 Å². The van der Waals surface area contributed by atoms with Crippen LogP contribution in [0.4, 0.5) is 10.5 Å². The smallest absolute Gasteiger partial charge is 0.322 e. The molecule has 0 unspecified atom stereocenters. The van der Waals surface area contributed by atoms with Gasteiger partial charge in [-0.3, -0.25) is 0 Å². The van der Waals surface area contributed by atoms with E-state index < -0.39 is 0 Å². The summed E-state index contributed by atoms with van der Waals surface area (Å²) in [6, 6.07) is 13.1. The topological polar surface area (TPSA) is 72.9 Å². The van der Waals surface area contributed by atoms with Crippen molar-refractivity contribution in [1.82, 2.24) is 9.88 Å². The molecule has 1 saturated heterocycles. The number of carbonyl (C=O) groups excluding carboxylic acids is 1. The maximum atomic E-state index is 12.5. The molecular weight excluding hydrogens is 366 g/mol. The Balaban J connectivity index is 1.35. The Kier molecular flexibility index (Phi) is 4.72. The molecule has 27 heavy (non-hydrogen) atoms. The van der Waals surface area contributed by atoms with Gasteiger partial charge >= 0.3 is 6.03 Å². The van der Waals surface area contributed by atoms with E-state index in [2.05, 4.69) is 10.3 Å². The van der Waals surface area contributed by atoms with Gasteiger partial charge in [0.1, 0.15) is 6.10 Å². The van der Waals surface area contributed by atoms with Crippen molar-refractivity contribution in [2.45, 2.75) is 6.10 Å². The normalized spacial score (nSPS) is 13.9. The third-order valence-corrected chi connectivity index (χ3v) is 5.25. The maximum absolute atomic E-state index is 12.5. The van der Waals surface area contributed by atoms with Gasteiger partial charge in [0.05, 0.1) is 43.2 Å². The summed E-state index contributed by atoms with van der Waals surface area (Å²) in [7, 11) is 3.10. The van der Waals surface area contributed by atoms with E-state index in [1.165, 1.54) is 11.3 Å². The minimum absolute atomic E-state index is 0.0523. The summed E-state index contributed by atoms with van der Waals surface area (Å²) in [5.74, 6) is 1.06. The molecule has 140 valence electrons. The molecule has 2 aromatic carbocycles. The zero-order chi connectivity index (χ0) is 18.8. The summed E-state index contributed by atoms with van der Waals surface area (Å²) in [5, 5.41) is 3.49. The van der Waals surface area contributed by atoms with Crippen molar-refractivity contribution in [3.63, 3.8) is 0 Å².